The maximum Gasteiger partial charge on any atom is 0.404 e. The van der Waals surface area contributed by atoms with Gasteiger partial charge in [0, 0.05) is 43.3 Å². The zero-order chi connectivity index (χ0) is 17.1. The number of nitrogens with two attached hydrogens (primary N) is 2. The number of hydrogen-bond acceptors (Lipinski definition) is 4. The molecule has 0 fully saturated rings. The first-order valence-electron chi connectivity index (χ1n) is 7.76. The van der Waals surface area contributed by atoms with E-state index in [1.54, 1.807) is 6.33 Å². The fourth-order valence-electron chi connectivity index (χ4n) is 2.86. The fraction of sp³-hybridized carbons (Fsp3) is 0.294. The van der Waals surface area contributed by atoms with Gasteiger partial charge in [0.05, 0.1) is 25.2 Å². The second kappa shape index (κ2) is 6.76. The summed E-state index contributed by atoms with van der Waals surface area (Å²) in [6, 6.07) is 6.18. The Morgan fingerprint density at radius 2 is 2.17 bits per heavy atom. The van der Waals surface area contributed by atoms with Crippen LogP contribution in [0, 0.1) is 0 Å². The molecule has 3 rings (SSSR count). The van der Waals surface area contributed by atoms with Crippen molar-refractivity contribution in [3.63, 3.8) is 0 Å². The van der Waals surface area contributed by atoms with Crippen molar-refractivity contribution < 1.29 is 9.53 Å². The molecule has 24 heavy (non-hydrogen) atoms. The van der Waals surface area contributed by atoms with E-state index in [4.69, 9.17) is 16.2 Å². The van der Waals surface area contributed by atoms with Gasteiger partial charge in [0.15, 0.2) is 0 Å². The fourth-order valence-corrected chi connectivity index (χ4v) is 2.86. The standard InChI is InChI=1S/C17H21N5O2/c1-21-9-14(20-11-21)10-22-8-13(4-5-24-17(19)23)15-3-2-12(7-18)6-16(15)22/h2-3,6,8-9,11H,4-5,7,10,18H2,1H3,(H2,19,23). The number of carbonyl (C=O) groups excluding carboxylic acids is 1. The Hall–Kier alpha value is -2.80. The predicted octanol–water partition coefficient (Wildman–Crippen LogP) is 1.52. The lowest BCUT2D eigenvalue weighted by Gasteiger charge is -2.04. The summed E-state index contributed by atoms with van der Waals surface area (Å²) in [6.07, 6.45) is 5.71. The summed E-state index contributed by atoms with van der Waals surface area (Å²) in [5, 5.41) is 1.12. The minimum absolute atomic E-state index is 0.261. The lowest BCUT2D eigenvalue weighted by atomic mass is 10.1. The number of carbonyl (C=O) groups is 1. The summed E-state index contributed by atoms with van der Waals surface area (Å²) in [5.41, 5.74) is 15.0. The Kier molecular flexibility index (Phi) is 4.52. The Labute approximate surface area is 139 Å². The van der Waals surface area contributed by atoms with E-state index in [1.165, 1.54) is 0 Å². The number of primary amides is 1. The highest BCUT2D eigenvalue weighted by molar-refractivity contribution is 5.84. The van der Waals surface area contributed by atoms with Crippen LogP contribution >= 0.6 is 0 Å². The molecule has 0 saturated carbocycles. The second-order valence-electron chi connectivity index (χ2n) is 5.79. The average Bonchev–Trinajstić information content (AvgIpc) is 3.11. The molecule has 0 radical (unpaired) electrons. The summed E-state index contributed by atoms with van der Waals surface area (Å²) in [6.45, 7) is 1.42. The van der Waals surface area contributed by atoms with E-state index in [1.807, 2.05) is 23.9 Å². The molecule has 0 aliphatic heterocycles. The van der Waals surface area contributed by atoms with Gasteiger partial charge in [-0.2, -0.15) is 0 Å². The summed E-state index contributed by atoms with van der Waals surface area (Å²) >= 11 is 0. The maximum absolute atomic E-state index is 10.8. The normalized spacial score (nSPS) is 11.1. The van der Waals surface area contributed by atoms with Crippen LogP contribution in [0.15, 0.2) is 36.9 Å². The number of hydrogen-bond donors (Lipinski definition) is 2. The van der Waals surface area contributed by atoms with Crippen molar-refractivity contribution in [1.29, 1.82) is 0 Å². The number of aromatic nitrogens is 3. The van der Waals surface area contributed by atoms with Crippen LogP contribution in [0.1, 0.15) is 16.8 Å². The average molecular weight is 327 g/mol. The van der Waals surface area contributed by atoms with Gasteiger partial charge in [0.1, 0.15) is 0 Å². The van der Waals surface area contributed by atoms with Crippen LogP contribution in [-0.2, 0) is 31.3 Å². The molecule has 0 atom stereocenters. The minimum Gasteiger partial charge on any atom is -0.449 e. The van der Waals surface area contributed by atoms with Gasteiger partial charge in [-0.15, -0.1) is 0 Å². The number of ether oxygens (including phenoxy) is 1. The zero-order valence-corrected chi connectivity index (χ0v) is 13.6. The van der Waals surface area contributed by atoms with Crippen molar-refractivity contribution in [3.8, 4) is 0 Å². The highest BCUT2D eigenvalue weighted by Gasteiger charge is 2.11. The van der Waals surface area contributed by atoms with E-state index >= 15 is 0 Å². The molecule has 2 aromatic heterocycles. The molecule has 1 aromatic carbocycles. The van der Waals surface area contributed by atoms with E-state index in [9.17, 15) is 4.79 Å². The molecule has 0 aliphatic carbocycles. The molecule has 0 spiro atoms. The molecule has 126 valence electrons. The highest BCUT2D eigenvalue weighted by atomic mass is 16.5. The number of benzene rings is 1. The highest BCUT2D eigenvalue weighted by Crippen LogP contribution is 2.24. The topological polar surface area (TPSA) is 101 Å². The van der Waals surface area contributed by atoms with E-state index in [-0.39, 0.29) is 6.61 Å². The second-order valence-corrected chi connectivity index (χ2v) is 5.79. The predicted molar refractivity (Wildman–Crippen MR) is 91.4 cm³/mol. The van der Waals surface area contributed by atoms with Gasteiger partial charge < -0.3 is 25.3 Å². The smallest absolute Gasteiger partial charge is 0.404 e. The van der Waals surface area contributed by atoms with Crippen molar-refractivity contribution in [2.75, 3.05) is 6.61 Å². The number of aryl methyl sites for hydroxylation is 1. The van der Waals surface area contributed by atoms with E-state index in [0.29, 0.717) is 19.5 Å². The molecule has 1 amide bonds. The molecule has 0 bridgehead atoms. The number of imidazole rings is 1. The lowest BCUT2D eigenvalue weighted by molar-refractivity contribution is 0.158. The van der Waals surface area contributed by atoms with E-state index in [2.05, 4.69) is 27.9 Å². The number of fused-ring (bicyclic) bond motifs is 1. The quantitative estimate of drug-likeness (QED) is 0.716. The van der Waals surface area contributed by atoms with Crippen LogP contribution in [0.3, 0.4) is 0 Å². The van der Waals surface area contributed by atoms with E-state index in [0.717, 1.165) is 27.7 Å². The van der Waals surface area contributed by atoms with Gasteiger partial charge in [-0.3, -0.25) is 0 Å². The van der Waals surface area contributed by atoms with Crippen LogP contribution in [-0.4, -0.2) is 26.8 Å². The van der Waals surface area contributed by atoms with Gasteiger partial charge in [0.2, 0.25) is 0 Å². The molecule has 3 aromatic rings. The van der Waals surface area contributed by atoms with Gasteiger partial charge in [-0.05, 0) is 17.2 Å². The summed E-state index contributed by atoms with van der Waals surface area (Å²) in [4.78, 5) is 15.1. The van der Waals surface area contributed by atoms with Crippen molar-refractivity contribution >= 4 is 17.0 Å². The Morgan fingerprint density at radius 3 is 2.83 bits per heavy atom. The third kappa shape index (κ3) is 3.41. The van der Waals surface area contributed by atoms with Gasteiger partial charge in [-0.25, -0.2) is 9.78 Å². The first-order chi connectivity index (χ1) is 11.6. The summed E-state index contributed by atoms with van der Waals surface area (Å²) < 4.78 is 8.94. The Morgan fingerprint density at radius 1 is 1.33 bits per heavy atom. The molecule has 0 aliphatic rings. The molecule has 0 unspecified atom stereocenters. The third-order valence-corrected chi connectivity index (χ3v) is 3.97. The van der Waals surface area contributed by atoms with Crippen molar-refractivity contribution in [1.82, 2.24) is 14.1 Å². The number of amides is 1. The molecule has 2 heterocycles. The Balaban J connectivity index is 1.94. The van der Waals surface area contributed by atoms with Gasteiger partial charge in [0.25, 0.3) is 0 Å². The molecular formula is C17H21N5O2. The Bertz CT molecular complexity index is 865. The summed E-state index contributed by atoms with van der Waals surface area (Å²) in [5.74, 6) is 0. The summed E-state index contributed by atoms with van der Waals surface area (Å²) in [7, 11) is 1.95. The molecule has 0 saturated heterocycles. The number of rotatable bonds is 6. The molecular weight excluding hydrogens is 306 g/mol. The third-order valence-electron chi connectivity index (χ3n) is 3.97. The molecule has 7 heteroatoms. The van der Waals surface area contributed by atoms with Crippen LogP contribution in [0.2, 0.25) is 0 Å². The van der Waals surface area contributed by atoms with Crippen LogP contribution in [0.25, 0.3) is 10.9 Å². The molecule has 4 N–H and O–H groups in total. The SMILES string of the molecule is Cn1cnc(Cn2cc(CCOC(N)=O)c3ccc(CN)cc32)c1. The zero-order valence-electron chi connectivity index (χ0n) is 13.6. The largest absolute Gasteiger partial charge is 0.449 e. The van der Waals surface area contributed by atoms with E-state index < -0.39 is 6.09 Å². The van der Waals surface area contributed by atoms with Crippen molar-refractivity contribution in [2.24, 2.45) is 18.5 Å². The van der Waals surface area contributed by atoms with Crippen LogP contribution < -0.4 is 11.5 Å². The monoisotopic (exact) mass is 327 g/mol. The van der Waals surface area contributed by atoms with Crippen LogP contribution in [0.4, 0.5) is 4.79 Å². The maximum atomic E-state index is 10.8. The first-order valence-corrected chi connectivity index (χ1v) is 7.76. The number of nitrogens with zero attached hydrogens (tertiary/aromatic N) is 3. The van der Waals surface area contributed by atoms with Gasteiger partial charge in [-0.1, -0.05) is 12.1 Å². The van der Waals surface area contributed by atoms with Crippen LogP contribution in [0.5, 0.6) is 0 Å². The molecule has 7 nitrogen and oxygen atoms in total. The van der Waals surface area contributed by atoms with Crippen molar-refractivity contribution in [2.45, 2.75) is 19.5 Å². The first kappa shape index (κ1) is 16.1. The van der Waals surface area contributed by atoms with Gasteiger partial charge >= 0.3 is 6.09 Å². The van der Waals surface area contributed by atoms with Crippen molar-refractivity contribution in [3.05, 3.63) is 53.7 Å². The minimum atomic E-state index is -0.752. The lowest BCUT2D eigenvalue weighted by Crippen LogP contribution is -2.14.